The molecule has 0 bridgehead atoms. The number of aromatic nitrogens is 1. The highest BCUT2D eigenvalue weighted by Gasteiger charge is 2.21. The van der Waals surface area contributed by atoms with Gasteiger partial charge in [-0.2, -0.15) is 0 Å². The lowest BCUT2D eigenvalue weighted by Gasteiger charge is -2.26. The van der Waals surface area contributed by atoms with Gasteiger partial charge in [0, 0.05) is 25.1 Å². The number of nitrogens with one attached hydrogen (secondary N) is 1. The van der Waals surface area contributed by atoms with Crippen LogP contribution >= 0.6 is 0 Å². The van der Waals surface area contributed by atoms with Crippen LogP contribution in [0.3, 0.4) is 0 Å². The van der Waals surface area contributed by atoms with E-state index in [-0.39, 0.29) is 11.9 Å². The molecule has 0 saturated heterocycles. The highest BCUT2D eigenvalue weighted by Crippen LogP contribution is 2.29. The quantitative estimate of drug-likeness (QED) is 0.876. The Hall–Kier alpha value is -2.14. The lowest BCUT2D eigenvalue weighted by Crippen LogP contribution is -2.33. The lowest BCUT2D eigenvalue weighted by molar-refractivity contribution is -0.122. The normalized spacial score (nSPS) is 16.7. The summed E-state index contributed by atoms with van der Waals surface area (Å²) in [6.07, 6.45) is 3.77. The third-order valence-corrected chi connectivity index (χ3v) is 5.03. The van der Waals surface area contributed by atoms with Crippen LogP contribution in [0, 0.1) is 13.8 Å². The van der Waals surface area contributed by atoms with Crippen LogP contribution in [0.5, 0.6) is 0 Å². The molecule has 1 heterocycles. The molecule has 1 aromatic carbocycles. The van der Waals surface area contributed by atoms with Gasteiger partial charge in [0.1, 0.15) is 5.76 Å². The molecule has 1 unspecified atom stereocenters. The smallest absolute Gasteiger partial charge is 0.221 e. The second kappa shape index (κ2) is 7.83. The molecule has 0 spiro atoms. The van der Waals surface area contributed by atoms with E-state index in [4.69, 9.17) is 4.52 Å². The molecular weight excluding hydrogens is 314 g/mol. The standard InChI is InChI=1S/C20H27N3O2/c1-14-18(15(2)25-22-14)13-23(3)12-11-20(24)21-19-10-6-8-16-7-4-5-9-17(16)19/h4-5,7,9,19H,6,8,10-13H2,1-3H3,(H,21,24). The Labute approximate surface area is 149 Å². The fourth-order valence-corrected chi connectivity index (χ4v) is 3.54. The van der Waals surface area contributed by atoms with Crippen molar-refractivity contribution in [1.82, 2.24) is 15.4 Å². The van der Waals surface area contributed by atoms with Gasteiger partial charge < -0.3 is 14.7 Å². The van der Waals surface area contributed by atoms with Gasteiger partial charge in [0.2, 0.25) is 5.91 Å². The summed E-state index contributed by atoms with van der Waals surface area (Å²) < 4.78 is 5.20. The van der Waals surface area contributed by atoms with Crippen molar-refractivity contribution in [3.05, 3.63) is 52.4 Å². The Morgan fingerprint density at radius 1 is 1.36 bits per heavy atom. The lowest BCUT2D eigenvalue weighted by atomic mass is 9.87. The number of hydrogen-bond donors (Lipinski definition) is 1. The minimum absolute atomic E-state index is 0.118. The number of rotatable bonds is 6. The van der Waals surface area contributed by atoms with Crippen molar-refractivity contribution in [2.75, 3.05) is 13.6 Å². The third-order valence-electron chi connectivity index (χ3n) is 5.03. The van der Waals surface area contributed by atoms with Crippen LogP contribution in [0.15, 0.2) is 28.8 Å². The SMILES string of the molecule is Cc1noc(C)c1CN(C)CCC(=O)NC1CCCc2ccccc21. The molecule has 2 aromatic rings. The van der Waals surface area contributed by atoms with E-state index in [9.17, 15) is 4.79 Å². The van der Waals surface area contributed by atoms with Crippen molar-refractivity contribution in [3.8, 4) is 0 Å². The molecule has 25 heavy (non-hydrogen) atoms. The predicted octanol–water partition coefficient (Wildman–Crippen LogP) is 3.31. The molecule has 3 rings (SSSR count). The van der Waals surface area contributed by atoms with Gasteiger partial charge in [-0.1, -0.05) is 29.4 Å². The number of aryl methyl sites for hydroxylation is 3. The topological polar surface area (TPSA) is 58.4 Å². The maximum Gasteiger partial charge on any atom is 0.221 e. The van der Waals surface area contributed by atoms with Gasteiger partial charge >= 0.3 is 0 Å². The second-order valence-corrected chi connectivity index (χ2v) is 7.00. The second-order valence-electron chi connectivity index (χ2n) is 7.00. The average Bonchev–Trinajstić information content (AvgIpc) is 2.92. The maximum atomic E-state index is 12.4. The first kappa shape index (κ1) is 17.7. The summed E-state index contributed by atoms with van der Waals surface area (Å²) in [4.78, 5) is 14.5. The fraction of sp³-hybridized carbons (Fsp3) is 0.500. The first-order valence-corrected chi connectivity index (χ1v) is 9.02. The molecule has 5 heteroatoms. The summed E-state index contributed by atoms with van der Waals surface area (Å²) in [6, 6.07) is 8.60. The van der Waals surface area contributed by atoms with Crippen molar-refractivity contribution in [1.29, 1.82) is 0 Å². The largest absolute Gasteiger partial charge is 0.361 e. The Kier molecular flexibility index (Phi) is 5.53. The Bertz CT molecular complexity index is 719. The van der Waals surface area contributed by atoms with Crippen LogP contribution in [-0.4, -0.2) is 29.6 Å². The van der Waals surface area contributed by atoms with E-state index in [1.165, 1.54) is 11.1 Å². The van der Waals surface area contributed by atoms with Gasteiger partial charge in [-0.05, 0) is 51.3 Å². The van der Waals surface area contributed by atoms with Crippen molar-refractivity contribution >= 4 is 5.91 Å². The molecule has 0 fully saturated rings. The molecule has 1 aliphatic carbocycles. The summed E-state index contributed by atoms with van der Waals surface area (Å²) in [5.74, 6) is 0.972. The third kappa shape index (κ3) is 4.28. The zero-order valence-electron chi connectivity index (χ0n) is 15.3. The Morgan fingerprint density at radius 2 is 2.16 bits per heavy atom. The van der Waals surface area contributed by atoms with Gasteiger partial charge in [0.15, 0.2) is 0 Å². The highest BCUT2D eigenvalue weighted by atomic mass is 16.5. The monoisotopic (exact) mass is 341 g/mol. The van der Waals surface area contributed by atoms with Gasteiger partial charge in [0.05, 0.1) is 11.7 Å². The Balaban J connectivity index is 1.50. The number of carbonyl (C=O) groups excluding carboxylic acids is 1. The first-order valence-electron chi connectivity index (χ1n) is 9.02. The van der Waals surface area contributed by atoms with E-state index in [0.717, 1.165) is 42.8 Å². The van der Waals surface area contributed by atoms with E-state index in [1.54, 1.807) is 0 Å². The van der Waals surface area contributed by atoms with Gasteiger partial charge in [-0.25, -0.2) is 0 Å². The zero-order valence-corrected chi connectivity index (χ0v) is 15.3. The predicted molar refractivity (Wildman–Crippen MR) is 97.2 cm³/mol. The van der Waals surface area contributed by atoms with Gasteiger partial charge in [-0.15, -0.1) is 0 Å². The number of nitrogens with zero attached hydrogens (tertiary/aromatic N) is 2. The Morgan fingerprint density at radius 3 is 2.92 bits per heavy atom. The first-order chi connectivity index (χ1) is 12.0. The molecule has 0 saturated carbocycles. The van der Waals surface area contributed by atoms with Crippen LogP contribution in [0.4, 0.5) is 0 Å². The summed E-state index contributed by atoms with van der Waals surface area (Å²) in [5, 5.41) is 7.20. The summed E-state index contributed by atoms with van der Waals surface area (Å²) >= 11 is 0. The molecule has 0 aliphatic heterocycles. The summed E-state index contributed by atoms with van der Waals surface area (Å²) in [6.45, 7) is 5.34. The van der Waals surface area contributed by atoms with Crippen LogP contribution in [-0.2, 0) is 17.8 Å². The average molecular weight is 341 g/mol. The van der Waals surface area contributed by atoms with E-state index >= 15 is 0 Å². The minimum atomic E-state index is 0.118. The fourth-order valence-electron chi connectivity index (χ4n) is 3.54. The highest BCUT2D eigenvalue weighted by molar-refractivity contribution is 5.76. The number of benzene rings is 1. The molecule has 5 nitrogen and oxygen atoms in total. The van der Waals surface area contributed by atoms with E-state index in [1.807, 2.05) is 20.9 Å². The number of hydrogen-bond acceptors (Lipinski definition) is 4. The van der Waals surface area contributed by atoms with Crippen LogP contribution in [0.25, 0.3) is 0 Å². The van der Waals surface area contributed by atoms with Crippen LogP contribution in [0.1, 0.15) is 53.4 Å². The molecule has 1 aliphatic rings. The molecule has 0 radical (unpaired) electrons. The number of carbonyl (C=O) groups is 1. The van der Waals surface area contributed by atoms with Crippen molar-refractivity contribution < 1.29 is 9.32 Å². The zero-order chi connectivity index (χ0) is 17.8. The summed E-state index contributed by atoms with van der Waals surface area (Å²) in [5.41, 5.74) is 4.69. The van der Waals surface area contributed by atoms with Gasteiger partial charge in [0.25, 0.3) is 0 Å². The van der Waals surface area contributed by atoms with Crippen molar-refractivity contribution in [2.45, 2.75) is 52.1 Å². The maximum absolute atomic E-state index is 12.4. The van der Waals surface area contributed by atoms with E-state index in [0.29, 0.717) is 13.0 Å². The number of amides is 1. The molecule has 1 amide bonds. The molecule has 1 aromatic heterocycles. The molecule has 1 N–H and O–H groups in total. The molecule has 1 atom stereocenters. The van der Waals surface area contributed by atoms with Gasteiger partial charge in [-0.3, -0.25) is 4.79 Å². The minimum Gasteiger partial charge on any atom is -0.361 e. The van der Waals surface area contributed by atoms with Crippen LogP contribution < -0.4 is 5.32 Å². The van der Waals surface area contributed by atoms with E-state index < -0.39 is 0 Å². The van der Waals surface area contributed by atoms with Crippen LogP contribution in [0.2, 0.25) is 0 Å². The summed E-state index contributed by atoms with van der Waals surface area (Å²) in [7, 11) is 2.02. The van der Waals surface area contributed by atoms with Crippen molar-refractivity contribution in [2.24, 2.45) is 0 Å². The van der Waals surface area contributed by atoms with Crippen molar-refractivity contribution in [3.63, 3.8) is 0 Å². The molecule has 134 valence electrons. The van der Waals surface area contributed by atoms with E-state index in [2.05, 4.69) is 39.6 Å². The number of fused-ring (bicyclic) bond motifs is 1. The molecular formula is C20H27N3O2.